The summed E-state index contributed by atoms with van der Waals surface area (Å²) in [6, 6.07) is 6.97. The molecule has 0 atom stereocenters. The fraction of sp³-hybridized carbons (Fsp3) is 0.538. The Morgan fingerprint density at radius 2 is 1.25 bits per heavy atom. The highest BCUT2D eigenvalue weighted by Crippen LogP contribution is 2.44. The van der Waals surface area contributed by atoms with Crippen LogP contribution < -0.4 is 4.74 Å². The van der Waals surface area contributed by atoms with Gasteiger partial charge in [0.2, 0.25) is 0 Å². The van der Waals surface area contributed by atoms with Crippen LogP contribution in [-0.4, -0.2) is 0 Å². The Labute approximate surface area is 186 Å². The highest BCUT2D eigenvalue weighted by atomic mass is 19.3. The van der Waals surface area contributed by atoms with Gasteiger partial charge < -0.3 is 4.74 Å². The molecule has 0 bridgehead atoms. The van der Waals surface area contributed by atoms with Gasteiger partial charge in [-0.3, -0.25) is 0 Å². The van der Waals surface area contributed by atoms with Crippen LogP contribution in [0.1, 0.15) is 75.3 Å². The van der Waals surface area contributed by atoms with E-state index >= 15 is 0 Å². The van der Waals surface area contributed by atoms with E-state index < -0.39 is 29.1 Å². The van der Waals surface area contributed by atoms with Crippen LogP contribution in [0.15, 0.2) is 36.4 Å². The molecule has 0 radical (unpaired) electrons. The molecular formula is C26H29F5O. The highest BCUT2D eigenvalue weighted by molar-refractivity contribution is 5.31. The van der Waals surface area contributed by atoms with E-state index in [0.29, 0.717) is 5.92 Å². The molecule has 0 unspecified atom stereocenters. The minimum absolute atomic E-state index is 0.117. The molecule has 0 saturated heterocycles. The molecule has 6 heteroatoms. The van der Waals surface area contributed by atoms with E-state index in [1.165, 1.54) is 50.7 Å². The maximum Gasteiger partial charge on any atom is 0.426 e. The summed E-state index contributed by atoms with van der Waals surface area (Å²) < 4.78 is 73.1. The van der Waals surface area contributed by atoms with Crippen LogP contribution in [-0.2, 0) is 6.11 Å². The third-order valence-corrected chi connectivity index (χ3v) is 7.42. The summed E-state index contributed by atoms with van der Waals surface area (Å²) in [4.78, 5) is 0. The third kappa shape index (κ3) is 5.10. The Morgan fingerprint density at radius 3 is 1.78 bits per heavy atom. The molecule has 0 N–H and O–H groups in total. The maximum atomic E-state index is 14.4. The van der Waals surface area contributed by atoms with Gasteiger partial charge in [-0.1, -0.05) is 31.9 Å². The number of alkyl halides is 2. The molecule has 2 aromatic carbocycles. The quantitative estimate of drug-likeness (QED) is 0.327. The Kier molecular flexibility index (Phi) is 6.78. The largest absolute Gasteiger partial charge is 0.429 e. The van der Waals surface area contributed by atoms with E-state index in [2.05, 4.69) is 6.92 Å². The van der Waals surface area contributed by atoms with Crippen LogP contribution in [0.4, 0.5) is 22.0 Å². The van der Waals surface area contributed by atoms with Gasteiger partial charge in [-0.25, -0.2) is 13.2 Å². The topological polar surface area (TPSA) is 9.23 Å². The van der Waals surface area contributed by atoms with Gasteiger partial charge in [0.25, 0.3) is 0 Å². The molecule has 4 rings (SSSR count). The molecule has 2 fully saturated rings. The minimum atomic E-state index is -3.99. The van der Waals surface area contributed by atoms with Gasteiger partial charge in [-0.05, 0) is 92.0 Å². The summed E-state index contributed by atoms with van der Waals surface area (Å²) in [5.41, 5.74) is 0.0173. The molecule has 174 valence electrons. The van der Waals surface area contributed by atoms with Crippen molar-refractivity contribution < 1.29 is 26.7 Å². The van der Waals surface area contributed by atoms with Gasteiger partial charge >= 0.3 is 6.11 Å². The predicted octanol–water partition coefficient (Wildman–Crippen LogP) is 8.33. The van der Waals surface area contributed by atoms with Crippen LogP contribution in [0, 0.1) is 35.2 Å². The van der Waals surface area contributed by atoms with Crippen molar-refractivity contribution >= 4 is 0 Å². The molecular weight excluding hydrogens is 423 g/mol. The number of halogens is 5. The molecule has 0 heterocycles. The van der Waals surface area contributed by atoms with Crippen molar-refractivity contribution in [3.63, 3.8) is 0 Å². The first kappa shape index (κ1) is 23.1. The van der Waals surface area contributed by atoms with Crippen molar-refractivity contribution in [1.82, 2.24) is 0 Å². The number of benzene rings is 2. The van der Waals surface area contributed by atoms with Crippen LogP contribution >= 0.6 is 0 Å². The van der Waals surface area contributed by atoms with Crippen molar-refractivity contribution in [3.05, 3.63) is 65.0 Å². The zero-order valence-electron chi connectivity index (χ0n) is 18.2. The number of rotatable bonds is 5. The molecule has 2 aliphatic rings. The van der Waals surface area contributed by atoms with Gasteiger partial charge in [-0.2, -0.15) is 8.78 Å². The molecule has 2 aliphatic carbocycles. The lowest BCUT2D eigenvalue weighted by Crippen LogP contribution is -2.24. The van der Waals surface area contributed by atoms with Crippen LogP contribution in [0.3, 0.4) is 0 Å². The summed E-state index contributed by atoms with van der Waals surface area (Å²) in [6.45, 7) is 2.34. The molecule has 2 aromatic rings. The molecule has 0 aliphatic heterocycles. The van der Waals surface area contributed by atoms with Crippen molar-refractivity contribution in [3.8, 4) is 5.75 Å². The number of ether oxygens (including phenoxy) is 1. The standard InChI is InChI=1S/C26H29F5O/c1-16-2-4-17(5-3-16)18-6-8-19(9-7-18)20-10-12-22(13-11-20)32-26(30,31)21-14-23(27)25(29)24(28)15-21/h10-19H,2-9H2,1H3. The molecule has 0 aromatic heterocycles. The second-order valence-electron chi connectivity index (χ2n) is 9.57. The zero-order valence-corrected chi connectivity index (χ0v) is 18.2. The van der Waals surface area contributed by atoms with E-state index in [4.69, 9.17) is 4.74 Å². The Bertz CT molecular complexity index is 887. The van der Waals surface area contributed by atoms with E-state index in [1.54, 1.807) is 12.1 Å². The average molecular weight is 453 g/mol. The minimum Gasteiger partial charge on any atom is -0.429 e. The smallest absolute Gasteiger partial charge is 0.426 e. The normalized spacial score (nSPS) is 26.7. The third-order valence-electron chi connectivity index (χ3n) is 7.42. The van der Waals surface area contributed by atoms with E-state index in [9.17, 15) is 22.0 Å². The Hall–Kier alpha value is -2.11. The second-order valence-corrected chi connectivity index (χ2v) is 9.57. The van der Waals surface area contributed by atoms with Crippen molar-refractivity contribution in [2.75, 3.05) is 0 Å². The molecule has 0 amide bonds. The van der Waals surface area contributed by atoms with Crippen LogP contribution in [0.25, 0.3) is 0 Å². The fourth-order valence-electron chi connectivity index (χ4n) is 5.42. The lowest BCUT2D eigenvalue weighted by Gasteiger charge is -2.37. The summed E-state index contributed by atoms with van der Waals surface area (Å²) in [7, 11) is 0. The van der Waals surface area contributed by atoms with Crippen molar-refractivity contribution in [1.29, 1.82) is 0 Å². The highest BCUT2D eigenvalue weighted by Gasteiger charge is 2.37. The Morgan fingerprint density at radius 1 is 0.750 bits per heavy atom. The molecule has 2 saturated carbocycles. The van der Waals surface area contributed by atoms with E-state index in [-0.39, 0.29) is 17.9 Å². The average Bonchev–Trinajstić information content (AvgIpc) is 2.78. The van der Waals surface area contributed by atoms with Crippen molar-refractivity contribution in [2.45, 2.75) is 70.3 Å². The first-order chi connectivity index (χ1) is 15.2. The van der Waals surface area contributed by atoms with Crippen LogP contribution in [0.2, 0.25) is 0 Å². The molecule has 32 heavy (non-hydrogen) atoms. The van der Waals surface area contributed by atoms with Gasteiger partial charge in [0, 0.05) is 0 Å². The van der Waals surface area contributed by atoms with Gasteiger partial charge in [-0.15, -0.1) is 0 Å². The van der Waals surface area contributed by atoms with E-state index in [0.717, 1.165) is 36.2 Å². The second kappa shape index (κ2) is 9.40. The first-order valence-corrected chi connectivity index (χ1v) is 11.5. The van der Waals surface area contributed by atoms with Gasteiger partial charge in [0.15, 0.2) is 17.5 Å². The van der Waals surface area contributed by atoms with E-state index in [1.807, 2.05) is 0 Å². The van der Waals surface area contributed by atoms with Crippen LogP contribution in [0.5, 0.6) is 5.75 Å². The summed E-state index contributed by atoms with van der Waals surface area (Å²) in [5, 5.41) is 0. The zero-order chi connectivity index (χ0) is 22.9. The Balaban J connectivity index is 1.35. The van der Waals surface area contributed by atoms with Gasteiger partial charge in [0.1, 0.15) is 5.75 Å². The molecule has 0 spiro atoms. The lowest BCUT2D eigenvalue weighted by molar-refractivity contribution is -0.185. The lowest BCUT2D eigenvalue weighted by atomic mass is 9.68. The van der Waals surface area contributed by atoms with Crippen molar-refractivity contribution in [2.24, 2.45) is 17.8 Å². The fourth-order valence-corrected chi connectivity index (χ4v) is 5.42. The number of hydrogen-bond acceptors (Lipinski definition) is 1. The SMILES string of the molecule is CC1CCC(C2CCC(c3ccc(OC(F)(F)c4cc(F)c(F)c(F)c4)cc3)CC2)CC1. The predicted molar refractivity (Wildman–Crippen MR) is 113 cm³/mol. The first-order valence-electron chi connectivity index (χ1n) is 11.5. The summed E-state index contributed by atoms with van der Waals surface area (Å²) in [5.74, 6) is -2.35. The maximum absolute atomic E-state index is 14.4. The molecule has 1 nitrogen and oxygen atoms in total. The summed E-state index contributed by atoms with van der Waals surface area (Å²) in [6.07, 6.45) is 6.00. The number of hydrogen-bond donors (Lipinski definition) is 0. The monoisotopic (exact) mass is 452 g/mol. The van der Waals surface area contributed by atoms with Gasteiger partial charge in [0.05, 0.1) is 5.56 Å². The summed E-state index contributed by atoms with van der Waals surface area (Å²) >= 11 is 0.